The van der Waals surface area contributed by atoms with Crippen LogP contribution in [0.3, 0.4) is 0 Å². The second kappa shape index (κ2) is 7.17. The van der Waals surface area contributed by atoms with Gasteiger partial charge in [-0.2, -0.15) is 0 Å². The van der Waals surface area contributed by atoms with Crippen LogP contribution in [0.15, 0.2) is 23.6 Å². The molecule has 0 radical (unpaired) electrons. The monoisotopic (exact) mass is 429 g/mol. The van der Waals surface area contributed by atoms with Crippen molar-refractivity contribution in [3.63, 3.8) is 0 Å². The normalized spacial score (nSPS) is 23.0. The maximum atomic E-state index is 12.1. The standard InChI is InChI=1S/C16H16ClN3O5S2/c17-10-7-27(22,23)8-12(10)18-15(21)20-16-19-11(6-26-16)9-1-2-13-14(5-9)25-4-3-24-13/h1-2,5-6,10,12H,3-4,7-8H2,(H2,18,19,20,21)/t10-,12+/m1/s1. The number of ether oxygens (including phenoxy) is 2. The zero-order valence-electron chi connectivity index (χ0n) is 14.0. The summed E-state index contributed by atoms with van der Waals surface area (Å²) in [6.45, 7) is 1.02. The van der Waals surface area contributed by atoms with E-state index in [0.29, 0.717) is 35.5 Å². The Kier molecular flexibility index (Phi) is 4.87. The number of nitrogens with zero attached hydrogens (tertiary/aromatic N) is 1. The molecule has 0 aliphatic carbocycles. The van der Waals surface area contributed by atoms with Crippen molar-refractivity contribution in [3.8, 4) is 22.8 Å². The first-order valence-corrected chi connectivity index (χ1v) is 11.3. The van der Waals surface area contributed by atoms with Crippen LogP contribution in [-0.2, 0) is 9.84 Å². The molecule has 2 atom stereocenters. The number of hydrogen-bond acceptors (Lipinski definition) is 7. The summed E-state index contributed by atoms with van der Waals surface area (Å²) in [5, 5.41) is 6.78. The molecule has 0 bridgehead atoms. The number of carbonyl (C=O) groups excluding carboxylic acids is 1. The predicted molar refractivity (Wildman–Crippen MR) is 103 cm³/mol. The Morgan fingerprint density at radius 3 is 2.74 bits per heavy atom. The molecule has 144 valence electrons. The lowest BCUT2D eigenvalue weighted by molar-refractivity contribution is 0.171. The quantitative estimate of drug-likeness (QED) is 0.723. The molecule has 1 saturated heterocycles. The number of anilines is 1. The highest BCUT2D eigenvalue weighted by atomic mass is 35.5. The number of rotatable bonds is 3. The number of halogens is 1. The molecule has 0 spiro atoms. The highest BCUT2D eigenvalue weighted by molar-refractivity contribution is 7.91. The van der Waals surface area contributed by atoms with Crippen LogP contribution in [0.2, 0.25) is 0 Å². The van der Waals surface area contributed by atoms with E-state index in [4.69, 9.17) is 21.1 Å². The Hall–Kier alpha value is -2.04. The van der Waals surface area contributed by atoms with Crippen LogP contribution in [0.1, 0.15) is 0 Å². The Labute approximate surface area is 164 Å². The first kappa shape index (κ1) is 18.3. The van der Waals surface area contributed by atoms with Crippen LogP contribution in [0.5, 0.6) is 11.5 Å². The van der Waals surface area contributed by atoms with Crippen molar-refractivity contribution in [3.05, 3.63) is 23.6 Å². The summed E-state index contributed by atoms with van der Waals surface area (Å²) in [6.07, 6.45) is 0. The van der Waals surface area contributed by atoms with Gasteiger partial charge in [0.25, 0.3) is 0 Å². The van der Waals surface area contributed by atoms with Gasteiger partial charge in [0.1, 0.15) is 13.2 Å². The second-order valence-corrected chi connectivity index (χ2v) is 9.77. The van der Waals surface area contributed by atoms with Crippen LogP contribution in [0.4, 0.5) is 9.93 Å². The molecule has 2 aromatic rings. The van der Waals surface area contributed by atoms with E-state index in [1.165, 1.54) is 11.3 Å². The molecule has 4 rings (SSSR count). The Balaban J connectivity index is 1.42. The van der Waals surface area contributed by atoms with Gasteiger partial charge >= 0.3 is 6.03 Å². The van der Waals surface area contributed by atoms with Crippen molar-refractivity contribution in [2.75, 3.05) is 30.0 Å². The number of urea groups is 1. The fourth-order valence-electron chi connectivity index (χ4n) is 2.90. The van der Waals surface area contributed by atoms with Gasteiger partial charge in [0.15, 0.2) is 26.5 Å². The smallest absolute Gasteiger partial charge is 0.321 e. The zero-order valence-corrected chi connectivity index (χ0v) is 16.4. The Morgan fingerprint density at radius 1 is 1.22 bits per heavy atom. The van der Waals surface area contributed by atoms with Gasteiger partial charge in [0.05, 0.1) is 28.6 Å². The first-order valence-electron chi connectivity index (χ1n) is 8.17. The van der Waals surface area contributed by atoms with Crippen molar-refractivity contribution in [2.45, 2.75) is 11.4 Å². The first-order chi connectivity index (χ1) is 12.9. The van der Waals surface area contributed by atoms with Crippen molar-refractivity contribution >= 4 is 43.9 Å². The van der Waals surface area contributed by atoms with Crippen molar-refractivity contribution in [2.24, 2.45) is 0 Å². The second-order valence-electron chi connectivity index (χ2n) is 6.19. The van der Waals surface area contributed by atoms with Gasteiger partial charge in [-0.05, 0) is 18.2 Å². The SMILES string of the molecule is O=C(Nc1nc(-c2ccc3c(c2)OCCO3)cs1)N[C@H]1CS(=O)(=O)C[C@H]1Cl. The van der Waals surface area contributed by atoms with Crippen molar-refractivity contribution in [1.29, 1.82) is 0 Å². The molecule has 2 N–H and O–H groups in total. The number of benzene rings is 1. The molecule has 27 heavy (non-hydrogen) atoms. The largest absolute Gasteiger partial charge is 0.486 e. The predicted octanol–water partition coefficient (Wildman–Crippen LogP) is 2.11. The molecule has 2 aliphatic rings. The van der Waals surface area contributed by atoms with E-state index in [0.717, 1.165) is 5.56 Å². The third-order valence-corrected chi connectivity index (χ3v) is 7.30. The summed E-state index contributed by atoms with van der Waals surface area (Å²) in [7, 11) is -3.21. The van der Waals surface area contributed by atoms with Crippen LogP contribution < -0.4 is 20.1 Å². The van der Waals surface area contributed by atoms with E-state index in [1.54, 1.807) is 0 Å². The van der Waals surface area contributed by atoms with Crippen LogP contribution in [0.25, 0.3) is 11.3 Å². The van der Waals surface area contributed by atoms with Crippen LogP contribution in [-0.4, -0.2) is 55.6 Å². The van der Waals surface area contributed by atoms with Gasteiger partial charge in [-0.25, -0.2) is 18.2 Å². The number of sulfone groups is 1. The summed E-state index contributed by atoms with van der Waals surface area (Å²) in [5.74, 6) is 1.06. The number of hydrogen-bond donors (Lipinski definition) is 2. The molecular formula is C16H16ClN3O5S2. The van der Waals surface area contributed by atoms with Gasteiger partial charge in [-0.15, -0.1) is 22.9 Å². The molecule has 2 amide bonds. The molecule has 1 aromatic carbocycles. The number of fused-ring (bicyclic) bond motifs is 1. The molecule has 1 fully saturated rings. The van der Waals surface area contributed by atoms with E-state index in [2.05, 4.69) is 15.6 Å². The molecule has 0 saturated carbocycles. The minimum Gasteiger partial charge on any atom is -0.486 e. The average molecular weight is 430 g/mol. The third-order valence-electron chi connectivity index (χ3n) is 4.16. The summed E-state index contributed by atoms with van der Waals surface area (Å²) < 4.78 is 34.2. The number of carbonyl (C=O) groups is 1. The molecule has 3 heterocycles. The minimum atomic E-state index is -3.21. The summed E-state index contributed by atoms with van der Waals surface area (Å²) >= 11 is 7.26. The van der Waals surface area contributed by atoms with Gasteiger partial charge in [-0.1, -0.05) is 0 Å². The number of thiazole rings is 1. The van der Waals surface area contributed by atoms with E-state index in [9.17, 15) is 13.2 Å². The Morgan fingerprint density at radius 2 is 2.00 bits per heavy atom. The number of amides is 2. The van der Waals surface area contributed by atoms with E-state index in [1.807, 2.05) is 23.6 Å². The molecule has 1 aromatic heterocycles. The Bertz CT molecular complexity index is 978. The van der Waals surface area contributed by atoms with E-state index >= 15 is 0 Å². The minimum absolute atomic E-state index is 0.134. The number of alkyl halides is 1. The lowest BCUT2D eigenvalue weighted by Crippen LogP contribution is -2.42. The summed E-state index contributed by atoms with van der Waals surface area (Å²) in [5.41, 5.74) is 1.53. The van der Waals surface area contributed by atoms with Gasteiger partial charge in [-0.3, -0.25) is 5.32 Å². The molecule has 0 unspecified atom stereocenters. The number of aromatic nitrogens is 1. The van der Waals surface area contributed by atoms with E-state index < -0.39 is 27.3 Å². The topological polar surface area (TPSA) is 107 Å². The highest BCUT2D eigenvalue weighted by Crippen LogP contribution is 2.35. The average Bonchev–Trinajstić information content (AvgIpc) is 3.18. The molecular weight excluding hydrogens is 414 g/mol. The molecule has 8 nitrogen and oxygen atoms in total. The molecule has 2 aliphatic heterocycles. The van der Waals surface area contributed by atoms with Crippen molar-refractivity contribution in [1.82, 2.24) is 10.3 Å². The summed E-state index contributed by atoms with van der Waals surface area (Å²) in [4.78, 5) is 16.5. The lowest BCUT2D eigenvalue weighted by atomic mass is 10.1. The van der Waals surface area contributed by atoms with E-state index in [-0.39, 0.29) is 11.5 Å². The molecule has 11 heteroatoms. The van der Waals surface area contributed by atoms with Crippen molar-refractivity contribution < 1.29 is 22.7 Å². The number of nitrogens with one attached hydrogen (secondary N) is 2. The van der Waals surface area contributed by atoms with Gasteiger partial charge in [0.2, 0.25) is 0 Å². The fourth-order valence-corrected chi connectivity index (χ4v) is 6.17. The maximum absolute atomic E-state index is 12.1. The van der Waals surface area contributed by atoms with Gasteiger partial charge in [0, 0.05) is 10.9 Å². The fraction of sp³-hybridized carbons (Fsp3) is 0.375. The summed E-state index contributed by atoms with van der Waals surface area (Å²) in [6, 6.07) is 4.38. The van der Waals surface area contributed by atoms with Crippen LogP contribution >= 0.6 is 22.9 Å². The van der Waals surface area contributed by atoms with Gasteiger partial charge < -0.3 is 14.8 Å². The lowest BCUT2D eigenvalue weighted by Gasteiger charge is -2.18. The maximum Gasteiger partial charge on any atom is 0.321 e. The van der Waals surface area contributed by atoms with Crippen LogP contribution in [0, 0.1) is 0 Å². The zero-order chi connectivity index (χ0) is 19.0. The third kappa shape index (κ3) is 4.12. The highest BCUT2D eigenvalue weighted by Gasteiger charge is 2.37.